The lowest BCUT2D eigenvalue weighted by Crippen LogP contribution is -2.29. The van der Waals surface area contributed by atoms with E-state index >= 15 is 0 Å². The molecule has 0 aromatic carbocycles. The van der Waals surface area contributed by atoms with E-state index in [1.165, 1.54) is 33.0 Å². The molecule has 3 N–H and O–H groups in total. The van der Waals surface area contributed by atoms with Gasteiger partial charge in [0.25, 0.3) is 11.5 Å². The third kappa shape index (κ3) is 5.31. The van der Waals surface area contributed by atoms with Gasteiger partial charge in [-0.25, -0.2) is 0 Å². The number of carbonyl (C=O) groups is 2. The number of nitrogens with one attached hydrogen (secondary N) is 1. The molecule has 0 aliphatic rings. The fourth-order valence-electron chi connectivity index (χ4n) is 2.71. The fourth-order valence-corrected chi connectivity index (χ4v) is 3.74. The van der Waals surface area contributed by atoms with Crippen molar-refractivity contribution in [3.8, 4) is 11.3 Å². The van der Waals surface area contributed by atoms with Crippen LogP contribution < -0.4 is 16.6 Å². The van der Waals surface area contributed by atoms with Crippen molar-refractivity contribution >= 4 is 46.8 Å². The molecule has 0 radical (unpaired) electrons. The Bertz CT molecular complexity index is 1220. The SMILES string of the molecule is CC(C)(C)C(=O)n1nc(-c2cccn(C=CC(N)=O)c2=O)cc1NCc1ccc(Cl)s1. The number of primary amides is 1. The molecule has 0 atom stereocenters. The van der Waals surface area contributed by atoms with Crippen molar-refractivity contribution in [2.45, 2.75) is 27.3 Å². The quantitative estimate of drug-likeness (QED) is 0.546. The number of hydrogen-bond acceptors (Lipinski definition) is 6. The number of nitrogens with two attached hydrogens (primary N) is 1. The summed E-state index contributed by atoms with van der Waals surface area (Å²) in [5.74, 6) is -0.435. The number of rotatable bonds is 6. The molecule has 3 aromatic rings. The Morgan fingerprint density at radius 1 is 1.29 bits per heavy atom. The predicted molar refractivity (Wildman–Crippen MR) is 123 cm³/mol. The smallest absolute Gasteiger partial charge is 0.264 e. The lowest BCUT2D eigenvalue weighted by atomic mass is 9.96. The third-order valence-electron chi connectivity index (χ3n) is 4.27. The standard InChI is InChI=1S/C21H22ClN5O3S/c1-21(2,3)20(30)27-18(24-12-13-6-7-16(22)31-13)11-15(25-27)14-5-4-9-26(19(14)29)10-8-17(23)28/h4-11,24H,12H2,1-3H3,(H2,23,28). The predicted octanol–water partition coefficient (Wildman–Crippen LogP) is 3.68. The summed E-state index contributed by atoms with van der Waals surface area (Å²) in [5, 5.41) is 7.62. The van der Waals surface area contributed by atoms with Crippen molar-refractivity contribution in [2.75, 3.05) is 5.32 Å². The van der Waals surface area contributed by atoms with Crippen molar-refractivity contribution in [2.24, 2.45) is 11.1 Å². The van der Waals surface area contributed by atoms with Crippen molar-refractivity contribution in [3.63, 3.8) is 0 Å². The molecule has 3 rings (SSSR count). The number of aromatic nitrogens is 3. The van der Waals surface area contributed by atoms with Gasteiger partial charge in [-0.05, 0) is 24.3 Å². The van der Waals surface area contributed by atoms with Crippen LogP contribution in [0.2, 0.25) is 4.34 Å². The molecule has 0 bridgehead atoms. The molecule has 0 spiro atoms. The normalized spacial score (nSPS) is 11.7. The van der Waals surface area contributed by atoms with Crippen molar-refractivity contribution < 1.29 is 9.59 Å². The maximum absolute atomic E-state index is 13.0. The van der Waals surface area contributed by atoms with Crippen molar-refractivity contribution in [1.82, 2.24) is 14.3 Å². The van der Waals surface area contributed by atoms with E-state index in [9.17, 15) is 14.4 Å². The molecule has 1 amide bonds. The number of thiophene rings is 1. The molecule has 162 valence electrons. The first-order chi connectivity index (χ1) is 14.6. The molecular weight excluding hydrogens is 438 g/mol. The summed E-state index contributed by atoms with van der Waals surface area (Å²) in [6, 6.07) is 8.60. The van der Waals surface area contributed by atoms with Crippen LogP contribution in [-0.2, 0) is 11.3 Å². The van der Waals surface area contributed by atoms with Gasteiger partial charge in [-0.1, -0.05) is 32.4 Å². The number of halogens is 1. The second-order valence-electron chi connectivity index (χ2n) is 7.79. The minimum atomic E-state index is -0.687. The number of pyridine rings is 1. The van der Waals surface area contributed by atoms with Crippen LogP contribution in [-0.4, -0.2) is 26.2 Å². The Kier molecular flexibility index (Phi) is 6.47. The van der Waals surface area contributed by atoms with Gasteiger partial charge in [-0.3, -0.25) is 19.0 Å². The van der Waals surface area contributed by atoms with Crippen LogP contribution in [0.4, 0.5) is 5.82 Å². The highest BCUT2D eigenvalue weighted by molar-refractivity contribution is 7.16. The molecule has 0 saturated carbocycles. The first-order valence-electron chi connectivity index (χ1n) is 9.38. The number of amides is 1. The number of hydrogen-bond donors (Lipinski definition) is 2. The van der Waals surface area contributed by atoms with Crippen LogP contribution in [0.25, 0.3) is 17.5 Å². The Morgan fingerprint density at radius 2 is 2.03 bits per heavy atom. The molecule has 3 heterocycles. The lowest BCUT2D eigenvalue weighted by Gasteiger charge is -2.18. The minimum Gasteiger partial charge on any atom is -0.366 e. The van der Waals surface area contributed by atoms with E-state index in [0.717, 1.165) is 11.0 Å². The van der Waals surface area contributed by atoms with Crippen LogP contribution in [0.3, 0.4) is 0 Å². The maximum atomic E-state index is 13.0. The van der Waals surface area contributed by atoms with E-state index in [-0.39, 0.29) is 11.5 Å². The monoisotopic (exact) mass is 459 g/mol. The second kappa shape index (κ2) is 8.91. The Labute approximate surface area is 187 Å². The third-order valence-corrected chi connectivity index (χ3v) is 5.50. The van der Waals surface area contributed by atoms with Gasteiger partial charge in [0, 0.05) is 34.8 Å². The molecule has 10 heteroatoms. The zero-order valence-corrected chi connectivity index (χ0v) is 18.8. The number of anilines is 1. The van der Waals surface area contributed by atoms with E-state index in [4.69, 9.17) is 17.3 Å². The zero-order valence-electron chi connectivity index (χ0n) is 17.3. The van der Waals surface area contributed by atoms with Gasteiger partial charge in [-0.2, -0.15) is 9.78 Å². The van der Waals surface area contributed by atoms with E-state index in [2.05, 4.69) is 10.4 Å². The van der Waals surface area contributed by atoms with Gasteiger partial charge < -0.3 is 11.1 Å². The fraction of sp³-hybridized carbons (Fsp3) is 0.238. The van der Waals surface area contributed by atoms with Crippen LogP contribution in [0.1, 0.15) is 30.4 Å². The number of carbonyl (C=O) groups excluding carboxylic acids is 2. The van der Waals surface area contributed by atoms with E-state index in [1.807, 2.05) is 6.07 Å². The first-order valence-corrected chi connectivity index (χ1v) is 10.6. The maximum Gasteiger partial charge on any atom is 0.264 e. The second-order valence-corrected chi connectivity index (χ2v) is 9.59. The molecule has 0 aliphatic carbocycles. The zero-order chi connectivity index (χ0) is 22.8. The summed E-state index contributed by atoms with van der Waals surface area (Å²) in [7, 11) is 0. The van der Waals surface area contributed by atoms with Crippen LogP contribution in [0.5, 0.6) is 0 Å². The van der Waals surface area contributed by atoms with E-state index in [1.54, 1.807) is 45.0 Å². The van der Waals surface area contributed by atoms with Gasteiger partial charge in [0.1, 0.15) is 11.5 Å². The summed E-state index contributed by atoms with van der Waals surface area (Å²) < 4.78 is 3.18. The molecule has 0 unspecified atom stereocenters. The van der Waals surface area contributed by atoms with Crippen molar-refractivity contribution in [3.05, 3.63) is 62.2 Å². The highest BCUT2D eigenvalue weighted by Crippen LogP contribution is 2.26. The topological polar surface area (TPSA) is 112 Å². The summed E-state index contributed by atoms with van der Waals surface area (Å²) in [6.07, 6.45) is 3.87. The summed E-state index contributed by atoms with van der Waals surface area (Å²) >= 11 is 7.42. The van der Waals surface area contributed by atoms with E-state index < -0.39 is 16.9 Å². The van der Waals surface area contributed by atoms with Gasteiger partial charge in [0.2, 0.25) is 5.91 Å². The Hall–Kier alpha value is -3.17. The summed E-state index contributed by atoms with van der Waals surface area (Å²) in [4.78, 5) is 37.8. The molecule has 0 aliphatic heterocycles. The average Bonchev–Trinajstić information content (AvgIpc) is 3.30. The van der Waals surface area contributed by atoms with E-state index in [0.29, 0.717) is 22.4 Å². The highest BCUT2D eigenvalue weighted by atomic mass is 35.5. The van der Waals surface area contributed by atoms with Gasteiger partial charge in [-0.15, -0.1) is 11.3 Å². The van der Waals surface area contributed by atoms with Crippen LogP contribution >= 0.6 is 22.9 Å². The Morgan fingerprint density at radius 3 is 2.65 bits per heavy atom. The van der Waals surface area contributed by atoms with Crippen LogP contribution in [0.15, 0.2) is 47.4 Å². The molecule has 0 saturated heterocycles. The first kappa shape index (κ1) is 22.5. The summed E-state index contributed by atoms with van der Waals surface area (Å²) in [6.45, 7) is 5.83. The number of nitrogens with zero attached hydrogens (tertiary/aromatic N) is 3. The van der Waals surface area contributed by atoms with Gasteiger partial charge in [0.05, 0.1) is 16.4 Å². The molecule has 31 heavy (non-hydrogen) atoms. The molecular formula is C21H22ClN5O3S. The summed E-state index contributed by atoms with van der Waals surface area (Å²) in [5.41, 5.74) is 4.63. The Balaban J connectivity index is 2.03. The van der Waals surface area contributed by atoms with Gasteiger partial charge >= 0.3 is 0 Å². The largest absolute Gasteiger partial charge is 0.366 e. The van der Waals surface area contributed by atoms with Crippen molar-refractivity contribution in [1.29, 1.82) is 0 Å². The minimum absolute atomic E-state index is 0.227. The van der Waals surface area contributed by atoms with Crippen LogP contribution in [0, 0.1) is 5.41 Å². The average molecular weight is 460 g/mol. The van der Waals surface area contributed by atoms with Gasteiger partial charge in [0.15, 0.2) is 0 Å². The lowest BCUT2D eigenvalue weighted by molar-refractivity contribution is -0.113. The molecule has 3 aromatic heterocycles. The molecule has 0 fully saturated rings. The molecule has 8 nitrogen and oxygen atoms in total. The highest BCUT2D eigenvalue weighted by Gasteiger charge is 2.27.